The zero-order chi connectivity index (χ0) is 22.6. The summed E-state index contributed by atoms with van der Waals surface area (Å²) >= 11 is 1.06. The molecule has 3 rings (SSSR count). The van der Waals surface area contributed by atoms with E-state index in [0.717, 1.165) is 24.2 Å². The number of esters is 1. The van der Waals surface area contributed by atoms with Crippen LogP contribution < -0.4 is 0 Å². The quantitative estimate of drug-likeness (QED) is 0.557. The lowest BCUT2D eigenvalue weighted by atomic mass is 9.98. The van der Waals surface area contributed by atoms with Crippen LogP contribution in [0.5, 0.6) is 0 Å². The molecule has 2 fully saturated rings. The summed E-state index contributed by atoms with van der Waals surface area (Å²) in [5.74, 6) is -1.43. The van der Waals surface area contributed by atoms with Crippen molar-refractivity contribution in [3.63, 3.8) is 0 Å². The van der Waals surface area contributed by atoms with Crippen molar-refractivity contribution in [3.05, 3.63) is 16.3 Å². The first-order chi connectivity index (χ1) is 14.8. The van der Waals surface area contributed by atoms with Gasteiger partial charge in [0.15, 0.2) is 0 Å². The maximum Gasteiger partial charge on any atom is 0.310 e. The Morgan fingerprint density at radius 1 is 1.19 bits per heavy atom. The molecule has 3 heterocycles. The summed E-state index contributed by atoms with van der Waals surface area (Å²) in [5, 5.41) is 1.58. The molecule has 0 bridgehead atoms. The predicted octanol–water partition coefficient (Wildman–Crippen LogP) is 1.41. The summed E-state index contributed by atoms with van der Waals surface area (Å²) in [6.07, 6.45) is 2.98. The molecular weight excluding hydrogens is 442 g/mol. The molecule has 0 aliphatic carbocycles. The highest BCUT2D eigenvalue weighted by Gasteiger charge is 2.34. The van der Waals surface area contributed by atoms with Gasteiger partial charge in [-0.3, -0.25) is 14.4 Å². The van der Waals surface area contributed by atoms with Crippen LogP contribution in [0, 0.1) is 5.92 Å². The van der Waals surface area contributed by atoms with E-state index in [-0.39, 0.29) is 40.7 Å². The molecular formula is C20H29N3O6S2. The molecule has 9 nitrogen and oxygen atoms in total. The van der Waals surface area contributed by atoms with E-state index in [4.69, 9.17) is 4.74 Å². The highest BCUT2D eigenvalue weighted by molar-refractivity contribution is 7.89. The van der Waals surface area contributed by atoms with E-state index in [1.807, 2.05) is 0 Å². The van der Waals surface area contributed by atoms with Gasteiger partial charge in [-0.15, -0.1) is 11.3 Å². The van der Waals surface area contributed by atoms with Gasteiger partial charge in [0.25, 0.3) is 5.91 Å². The Hall–Kier alpha value is -1.98. The number of hydrogen-bond donors (Lipinski definition) is 0. The van der Waals surface area contributed by atoms with Crippen LogP contribution in [0.2, 0.25) is 0 Å². The summed E-state index contributed by atoms with van der Waals surface area (Å²) < 4.78 is 32.3. The van der Waals surface area contributed by atoms with E-state index < -0.39 is 15.9 Å². The lowest BCUT2D eigenvalue weighted by Gasteiger charge is -2.32. The normalized spacial score (nSPS) is 19.9. The number of carbonyl (C=O) groups is 3. The fraction of sp³-hybridized carbons (Fsp3) is 0.650. The zero-order valence-electron chi connectivity index (χ0n) is 17.9. The van der Waals surface area contributed by atoms with Gasteiger partial charge in [-0.2, -0.15) is 4.31 Å². The van der Waals surface area contributed by atoms with Crippen LogP contribution in [-0.2, 0) is 24.3 Å². The predicted molar refractivity (Wildman–Crippen MR) is 115 cm³/mol. The molecule has 2 aliphatic heterocycles. The van der Waals surface area contributed by atoms with Gasteiger partial charge in [0.05, 0.1) is 19.1 Å². The average Bonchev–Trinajstić information content (AvgIpc) is 3.46. The third-order valence-corrected chi connectivity index (χ3v) is 8.59. The number of thiophene rings is 1. The van der Waals surface area contributed by atoms with Gasteiger partial charge >= 0.3 is 5.97 Å². The number of sulfonamides is 1. The minimum absolute atomic E-state index is 0.00375. The highest BCUT2D eigenvalue weighted by atomic mass is 32.2. The first-order valence-electron chi connectivity index (χ1n) is 10.5. The van der Waals surface area contributed by atoms with Crippen molar-refractivity contribution < 1.29 is 27.5 Å². The third kappa shape index (κ3) is 5.27. The number of nitrogens with zero attached hydrogens (tertiary/aromatic N) is 3. The molecule has 172 valence electrons. The molecule has 0 saturated carbocycles. The van der Waals surface area contributed by atoms with Crippen molar-refractivity contribution in [1.29, 1.82) is 0 Å². The van der Waals surface area contributed by atoms with Crippen LogP contribution >= 0.6 is 11.3 Å². The summed E-state index contributed by atoms with van der Waals surface area (Å²) in [6.45, 7) is 3.55. The van der Waals surface area contributed by atoms with E-state index in [1.54, 1.807) is 17.2 Å². The molecule has 1 aromatic heterocycles. The Morgan fingerprint density at radius 2 is 1.90 bits per heavy atom. The summed E-state index contributed by atoms with van der Waals surface area (Å²) in [5.41, 5.74) is 0. The molecule has 0 spiro atoms. The van der Waals surface area contributed by atoms with E-state index in [2.05, 4.69) is 0 Å². The first-order valence-corrected chi connectivity index (χ1v) is 12.8. The van der Waals surface area contributed by atoms with Crippen molar-refractivity contribution >= 4 is 39.1 Å². The zero-order valence-corrected chi connectivity index (χ0v) is 19.5. The number of ether oxygens (including phenoxy) is 1. The van der Waals surface area contributed by atoms with Crippen molar-refractivity contribution in [2.24, 2.45) is 5.92 Å². The average molecular weight is 472 g/mol. The van der Waals surface area contributed by atoms with Gasteiger partial charge in [0, 0.05) is 33.2 Å². The Kier molecular flexibility index (Phi) is 7.71. The number of likely N-dealkylation sites (N-methyl/N-ethyl adjacent to an activating group) is 1. The fourth-order valence-electron chi connectivity index (χ4n) is 3.93. The van der Waals surface area contributed by atoms with Crippen LogP contribution in [0.15, 0.2) is 16.3 Å². The highest BCUT2D eigenvalue weighted by Crippen LogP contribution is 2.28. The van der Waals surface area contributed by atoms with Crippen molar-refractivity contribution in [2.45, 2.75) is 37.5 Å². The molecule has 1 unspecified atom stereocenters. The van der Waals surface area contributed by atoms with Crippen LogP contribution in [0.3, 0.4) is 0 Å². The molecule has 2 amide bonds. The Labute approximate surface area is 187 Å². The topological polar surface area (TPSA) is 104 Å². The van der Waals surface area contributed by atoms with E-state index >= 15 is 0 Å². The number of carbonyl (C=O) groups excluding carboxylic acids is 3. The molecule has 0 radical (unpaired) electrons. The SMILES string of the molecule is CCOC(=O)C1CCCN(C(=O)CN(C)C(=O)c2sccc2S(=O)(=O)N2CCCC2)C1. The molecule has 31 heavy (non-hydrogen) atoms. The second-order valence-electron chi connectivity index (χ2n) is 7.82. The van der Waals surface area contributed by atoms with E-state index in [0.29, 0.717) is 39.1 Å². The van der Waals surface area contributed by atoms with Gasteiger partial charge in [-0.25, -0.2) is 8.42 Å². The number of likely N-dealkylation sites (tertiary alicyclic amines) is 1. The fourth-order valence-corrected chi connectivity index (χ4v) is 6.83. The van der Waals surface area contributed by atoms with Crippen LogP contribution in [0.1, 0.15) is 42.3 Å². The maximum absolute atomic E-state index is 13.0. The maximum atomic E-state index is 13.0. The Bertz CT molecular complexity index is 923. The lowest BCUT2D eigenvalue weighted by molar-refractivity contribution is -0.151. The third-order valence-electron chi connectivity index (χ3n) is 5.62. The molecule has 11 heteroatoms. The largest absolute Gasteiger partial charge is 0.466 e. The minimum Gasteiger partial charge on any atom is -0.466 e. The van der Waals surface area contributed by atoms with E-state index in [1.165, 1.54) is 22.3 Å². The number of rotatable bonds is 7. The minimum atomic E-state index is -3.73. The van der Waals surface area contributed by atoms with Crippen molar-refractivity contribution in [3.8, 4) is 0 Å². The molecule has 2 saturated heterocycles. The number of hydrogen-bond acceptors (Lipinski definition) is 7. The summed E-state index contributed by atoms with van der Waals surface area (Å²) in [4.78, 5) is 40.7. The van der Waals surface area contributed by atoms with Gasteiger partial charge in [-0.05, 0) is 44.1 Å². The Balaban J connectivity index is 1.65. The smallest absolute Gasteiger partial charge is 0.310 e. The second kappa shape index (κ2) is 10.1. The van der Waals surface area contributed by atoms with Crippen molar-refractivity contribution in [2.75, 3.05) is 46.4 Å². The Morgan fingerprint density at radius 3 is 2.58 bits per heavy atom. The van der Waals surface area contributed by atoms with Crippen LogP contribution in [-0.4, -0.2) is 86.7 Å². The first kappa shape index (κ1) is 23.7. The van der Waals surface area contributed by atoms with Crippen LogP contribution in [0.4, 0.5) is 0 Å². The van der Waals surface area contributed by atoms with Gasteiger partial charge < -0.3 is 14.5 Å². The summed E-state index contributed by atoms with van der Waals surface area (Å²) in [6, 6.07) is 1.45. The van der Waals surface area contributed by atoms with Crippen LogP contribution in [0.25, 0.3) is 0 Å². The molecule has 2 aliphatic rings. The molecule has 0 aromatic carbocycles. The van der Waals surface area contributed by atoms with Gasteiger partial charge in [-0.1, -0.05) is 0 Å². The lowest BCUT2D eigenvalue weighted by Crippen LogP contribution is -2.47. The molecule has 0 N–H and O–H groups in total. The number of piperidine rings is 1. The van der Waals surface area contributed by atoms with E-state index in [9.17, 15) is 22.8 Å². The standard InChI is InChI=1S/C20H29N3O6S2/c1-3-29-20(26)15-7-6-9-22(13-15)17(24)14-21(2)19(25)18-16(8-12-30-18)31(27,28)23-10-4-5-11-23/h8,12,15H,3-7,9-11,13-14H2,1-2H3. The second-order valence-corrected chi connectivity index (χ2v) is 10.6. The molecule has 1 atom stereocenters. The van der Waals surface area contributed by atoms with Crippen molar-refractivity contribution in [1.82, 2.24) is 14.1 Å². The summed E-state index contributed by atoms with van der Waals surface area (Å²) in [7, 11) is -2.24. The monoisotopic (exact) mass is 471 g/mol. The number of amides is 2. The van der Waals surface area contributed by atoms with Gasteiger partial charge in [0.2, 0.25) is 15.9 Å². The molecule has 1 aromatic rings. The van der Waals surface area contributed by atoms with Gasteiger partial charge in [0.1, 0.15) is 9.77 Å².